The fourth-order valence-electron chi connectivity index (χ4n) is 2.72. The summed E-state index contributed by atoms with van der Waals surface area (Å²) < 4.78 is 0.277. The summed E-state index contributed by atoms with van der Waals surface area (Å²) >= 11 is 2.46. The minimum absolute atomic E-state index is 0.0287. The van der Waals surface area contributed by atoms with Crippen LogP contribution in [0.3, 0.4) is 0 Å². The van der Waals surface area contributed by atoms with E-state index in [-0.39, 0.29) is 14.9 Å². The molecular weight excluding hydrogens is 399 g/mol. The van der Waals surface area contributed by atoms with E-state index in [2.05, 4.69) is 63.3 Å². The van der Waals surface area contributed by atoms with Gasteiger partial charge in [-0.25, -0.2) is 0 Å². The summed E-state index contributed by atoms with van der Waals surface area (Å²) in [5.74, 6) is 0.0925. The first-order chi connectivity index (χ1) is 10.5. The highest BCUT2D eigenvalue weighted by Crippen LogP contribution is 2.34. The largest absolute Gasteiger partial charge is 0.504 e. The maximum atomic E-state index is 10.1. The normalized spacial score (nSPS) is 12.6. The van der Waals surface area contributed by atoms with Gasteiger partial charge in [0.1, 0.15) is 0 Å². The second-order valence-electron chi connectivity index (χ2n) is 8.07. The summed E-state index contributed by atoms with van der Waals surface area (Å²) in [7, 11) is 0. The van der Waals surface area contributed by atoms with Crippen molar-refractivity contribution >= 4 is 22.6 Å². The number of aryl methyl sites for hydroxylation is 2. The molecule has 0 spiro atoms. The van der Waals surface area contributed by atoms with E-state index in [0.717, 1.165) is 43.2 Å². The van der Waals surface area contributed by atoms with E-state index in [9.17, 15) is 10.2 Å². The Morgan fingerprint density at radius 2 is 1.57 bits per heavy atom. The lowest BCUT2D eigenvalue weighted by molar-refractivity contribution is 0.313. The zero-order valence-electron chi connectivity index (χ0n) is 15.4. The topological polar surface area (TPSA) is 40.5 Å². The number of phenols is 2. The molecule has 3 heteroatoms. The third kappa shape index (κ3) is 7.77. The van der Waals surface area contributed by atoms with E-state index in [1.807, 2.05) is 0 Å². The van der Waals surface area contributed by atoms with Crippen LogP contribution in [-0.2, 0) is 12.8 Å². The minimum Gasteiger partial charge on any atom is -0.504 e. The van der Waals surface area contributed by atoms with Gasteiger partial charge in [0.2, 0.25) is 0 Å². The van der Waals surface area contributed by atoms with E-state index in [0.29, 0.717) is 5.41 Å². The van der Waals surface area contributed by atoms with Crippen LogP contribution in [-0.4, -0.2) is 13.6 Å². The number of rotatable bonds is 9. The number of hydrogen-bond donors (Lipinski definition) is 2. The lowest BCUT2D eigenvalue weighted by Gasteiger charge is -2.22. The number of benzene rings is 1. The molecule has 1 aromatic rings. The Morgan fingerprint density at radius 3 is 2.13 bits per heavy atom. The van der Waals surface area contributed by atoms with Crippen molar-refractivity contribution in [1.82, 2.24) is 0 Å². The van der Waals surface area contributed by atoms with Gasteiger partial charge in [0, 0.05) is 3.42 Å². The van der Waals surface area contributed by atoms with E-state index in [4.69, 9.17) is 0 Å². The Labute approximate surface area is 155 Å². The minimum atomic E-state index is 0.0287. The molecule has 0 unspecified atom stereocenters. The van der Waals surface area contributed by atoms with Gasteiger partial charge in [-0.05, 0) is 61.1 Å². The molecule has 132 valence electrons. The maximum Gasteiger partial charge on any atom is 0.160 e. The van der Waals surface area contributed by atoms with Gasteiger partial charge in [0.15, 0.2) is 11.5 Å². The maximum absolute atomic E-state index is 10.1. The predicted octanol–water partition coefficient (Wildman–Crippen LogP) is 6.39. The van der Waals surface area contributed by atoms with Gasteiger partial charge in [-0.1, -0.05) is 69.7 Å². The highest BCUT2D eigenvalue weighted by Gasteiger charge is 2.16. The molecule has 2 nitrogen and oxygen atoms in total. The number of hydrogen-bond acceptors (Lipinski definition) is 2. The fourth-order valence-corrected chi connectivity index (χ4v) is 3.11. The quantitative estimate of drug-likeness (QED) is 0.270. The Bertz CT molecular complexity index is 501. The molecule has 0 aliphatic heterocycles. The summed E-state index contributed by atoms with van der Waals surface area (Å²) in [6, 6.07) is 3.80. The van der Waals surface area contributed by atoms with Crippen LogP contribution >= 0.6 is 22.6 Å². The molecule has 0 amide bonds. The summed E-state index contributed by atoms with van der Waals surface area (Å²) in [6.45, 7) is 11.3. The molecule has 2 N–H and O–H groups in total. The van der Waals surface area contributed by atoms with Gasteiger partial charge >= 0.3 is 0 Å². The highest BCUT2D eigenvalue weighted by atomic mass is 127. The van der Waals surface area contributed by atoms with E-state index < -0.39 is 0 Å². The van der Waals surface area contributed by atoms with Gasteiger partial charge < -0.3 is 10.2 Å². The van der Waals surface area contributed by atoms with Crippen molar-refractivity contribution in [2.75, 3.05) is 0 Å². The lowest BCUT2D eigenvalue weighted by atomic mass is 9.84. The Hall–Kier alpha value is -0.450. The monoisotopic (exact) mass is 432 g/mol. The zero-order chi connectivity index (χ0) is 17.7. The van der Waals surface area contributed by atoms with Crippen LogP contribution in [0.2, 0.25) is 0 Å². The molecule has 0 heterocycles. The number of alkyl halides is 1. The first kappa shape index (κ1) is 20.6. The van der Waals surface area contributed by atoms with Gasteiger partial charge in [0.25, 0.3) is 0 Å². The van der Waals surface area contributed by atoms with Gasteiger partial charge in [-0.2, -0.15) is 0 Å². The molecule has 0 bridgehead atoms. The van der Waals surface area contributed by atoms with Crippen LogP contribution in [0.15, 0.2) is 12.1 Å². The summed E-state index contributed by atoms with van der Waals surface area (Å²) in [6.07, 6.45) is 7.39. The van der Waals surface area contributed by atoms with Crippen molar-refractivity contribution in [3.63, 3.8) is 0 Å². The molecule has 0 aliphatic carbocycles. The molecule has 0 radical (unpaired) electrons. The number of halogens is 1. The van der Waals surface area contributed by atoms with Crippen molar-refractivity contribution < 1.29 is 10.2 Å². The van der Waals surface area contributed by atoms with Crippen LogP contribution in [0, 0.1) is 5.41 Å². The molecule has 1 rings (SSSR count). The summed E-state index contributed by atoms with van der Waals surface area (Å²) in [5.41, 5.74) is 2.40. The fraction of sp³-hybridized carbons (Fsp3) is 0.700. The molecule has 0 saturated heterocycles. The van der Waals surface area contributed by atoms with E-state index in [1.54, 1.807) is 6.07 Å². The van der Waals surface area contributed by atoms with Crippen molar-refractivity contribution in [2.45, 2.75) is 83.0 Å². The molecular formula is C20H33IO2. The first-order valence-corrected chi connectivity index (χ1v) is 9.84. The molecule has 0 saturated carbocycles. The average Bonchev–Trinajstić information content (AvgIpc) is 2.42. The van der Waals surface area contributed by atoms with Crippen LogP contribution in [0.4, 0.5) is 0 Å². The van der Waals surface area contributed by atoms with Gasteiger partial charge in [-0.15, -0.1) is 0 Å². The molecule has 1 aromatic carbocycles. The summed E-state index contributed by atoms with van der Waals surface area (Å²) in [4.78, 5) is 0. The van der Waals surface area contributed by atoms with Crippen LogP contribution in [0.5, 0.6) is 11.5 Å². The predicted molar refractivity (Wildman–Crippen MR) is 108 cm³/mol. The number of phenolic OH excluding ortho intramolecular Hbond substituents is 2. The Kier molecular flexibility index (Phi) is 7.69. The Morgan fingerprint density at radius 1 is 0.957 bits per heavy atom. The second-order valence-corrected chi connectivity index (χ2v) is 11.0. The average molecular weight is 432 g/mol. The number of aromatic hydroxyl groups is 2. The van der Waals surface area contributed by atoms with E-state index in [1.165, 1.54) is 12.8 Å². The lowest BCUT2D eigenvalue weighted by Crippen LogP contribution is -2.09. The van der Waals surface area contributed by atoms with Crippen LogP contribution in [0.1, 0.15) is 77.8 Å². The molecule has 0 atom stereocenters. The molecule has 0 aliphatic rings. The standard InChI is InChI=1S/C20H33IO2/c1-6-19(2,3)11-7-9-15-13-16(18(23)17(22)14-15)10-8-12-20(4,5)21/h13-14,22-23H,6-12H2,1-5H3. The smallest absolute Gasteiger partial charge is 0.160 e. The van der Waals surface area contributed by atoms with Crippen molar-refractivity contribution in [1.29, 1.82) is 0 Å². The molecule has 0 aromatic heterocycles. The zero-order valence-corrected chi connectivity index (χ0v) is 17.5. The third-order valence-corrected chi connectivity index (χ3v) is 5.26. The highest BCUT2D eigenvalue weighted by molar-refractivity contribution is 14.1. The van der Waals surface area contributed by atoms with Crippen LogP contribution in [0.25, 0.3) is 0 Å². The first-order valence-electron chi connectivity index (χ1n) is 8.77. The summed E-state index contributed by atoms with van der Waals surface area (Å²) in [5, 5.41) is 20.1. The SMILES string of the molecule is CCC(C)(C)CCCc1cc(O)c(O)c(CCCC(C)(C)I)c1. The van der Waals surface area contributed by atoms with Crippen molar-refractivity contribution in [2.24, 2.45) is 5.41 Å². The van der Waals surface area contributed by atoms with Gasteiger partial charge in [-0.3, -0.25) is 0 Å². The molecule has 23 heavy (non-hydrogen) atoms. The van der Waals surface area contributed by atoms with Gasteiger partial charge in [0.05, 0.1) is 0 Å². The van der Waals surface area contributed by atoms with E-state index >= 15 is 0 Å². The molecule has 0 fully saturated rings. The van der Waals surface area contributed by atoms with Crippen molar-refractivity contribution in [3.05, 3.63) is 23.3 Å². The Balaban J connectivity index is 2.68. The third-order valence-electron chi connectivity index (χ3n) is 4.72. The van der Waals surface area contributed by atoms with Crippen molar-refractivity contribution in [3.8, 4) is 11.5 Å². The second kappa shape index (κ2) is 8.59. The van der Waals surface area contributed by atoms with Crippen LogP contribution < -0.4 is 0 Å².